The summed E-state index contributed by atoms with van der Waals surface area (Å²) in [5.41, 5.74) is 0. The molecule has 438 valence electrons. The maximum atomic E-state index is 13.2. The van der Waals surface area contributed by atoms with Crippen LogP contribution < -0.4 is 10.6 Å². The molecule has 0 spiro atoms. The van der Waals surface area contributed by atoms with Gasteiger partial charge < -0.3 is 59.1 Å². The van der Waals surface area contributed by atoms with Crippen LogP contribution in [-0.4, -0.2) is 134 Å². The zero-order valence-corrected chi connectivity index (χ0v) is 47.7. The standard InChI is InChI=1S/C57H105N2O15P/c1-4-6-8-10-12-14-16-18-20-22-24-26-28-30-32-39-52(63)70-46-48(73-53(64)40-33-31-29-27-25-23-21-19-17-15-13-11-9-7-5-2)47-72-75(3,68)71-44-42-59-51(62)38-35-34-37-50(61)58-41-36-43-69-57-56(67)55(66)54(65)49(45-60)74-57/h18-21,48-49,54-57,60,65-67H,4-17,22-47H2,1-3H3,(H,58,61)(H,59,62)/b20-18?,21-19-/t48-,49?,54+,55+,56?,57-,75?/m1/s1. The lowest BCUT2D eigenvalue weighted by Crippen LogP contribution is -2.59. The van der Waals surface area contributed by atoms with Gasteiger partial charge in [-0.25, -0.2) is 0 Å². The maximum Gasteiger partial charge on any atom is 0.327 e. The van der Waals surface area contributed by atoms with Gasteiger partial charge in [0.15, 0.2) is 12.4 Å². The van der Waals surface area contributed by atoms with Gasteiger partial charge in [0.05, 0.1) is 26.4 Å². The molecule has 17 nitrogen and oxygen atoms in total. The van der Waals surface area contributed by atoms with Gasteiger partial charge in [-0.1, -0.05) is 141 Å². The van der Waals surface area contributed by atoms with E-state index < -0.39 is 63.0 Å². The summed E-state index contributed by atoms with van der Waals surface area (Å²) < 4.78 is 46.2. The van der Waals surface area contributed by atoms with Crippen LogP contribution in [0.15, 0.2) is 24.3 Å². The van der Waals surface area contributed by atoms with Gasteiger partial charge in [0.2, 0.25) is 11.8 Å². The van der Waals surface area contributed by atoms with E-state index >= 15 is 0 Å². The summed E-state index contributed by atoms with van der Waals surface area (Å²) >= 11 is 0. The summed E-state index contributed by atoms with van der Waals surface area (Å²) in [5.74, 6) is -1.31. The molecule has 6 N–H and O–H groups in total. The molecule has 0 aliphatic carbocycles. The van der Waals surface area contributed by atoms with E-state index in [1.165, 1.54) is 83.7 Å². The van der Waals surface area contributed by atoms with Gasteiger partial charge in [0.25, 0.3) is 0 Å². The fourth-order valence-electron chi connectivity index (χ4n) is 8.41. The molecule has 3 unspecified atom stereocenters. The quantitative estimate of drug-likeness (QED) is 0.0144. The zero-order chi connectivity index (χ0) is 55.0. The third-order valence-electron chi connectivity index (χ3n) is 13.1. The van der Waals surface area contributed by atoms with Crippen molar-refractivity contribution >= 4 is 31.3 Å². The Morgan fingerprint density at radius 1 is 0.533 bits per heavy atom. The van der Waals surface area contributed by atoms with Crippen molar-refractivity contribution in [3.8, 4) is 0 Å². The van der Waals surface area contributed by atoms with E-state index in [0.717, 1.165) is 77.0 Å². The van der Waals surface area contributed by atoms with Crippen molar-refractivity contribution in [2.75, 3.05) is 52.8 Å². The average Bonchev–Trinajstić information content (AvgIpc) is 3.39. The molecular weight excluding hydrogens is 984 g/mol. The molecule has 1 fully saturated rings. The SMILES string of the molecule is CCCCCCCCC=CCCCCCCCC(=O)OC[C@H](COP(C)(=O)OCCNC(=O)CCCCC(=O)NCCCO[C@@H]1OC(CO)[C@H](O)[C@H](O)C1O)OC(=O)CCCCCCC/C=C\CCCCCCCC. The summed E-state index contributed by atoms with van der Waals surface area (Å²) in [7, 11) is -3.66. The number of aliphatic hydroxyl groups excluding tert-OH is 4. The topological polar surface area (TPSA) is 246 Å². The maximum absolute atomic E-state index is 13.2. The van der Waals surface area contributed by atoms with Crippen molar-refractivity contribution in [3.63, 3.8) is 0 Å². The monoisotopic (exact) mass is 1090 g/mol. The molecule has 0 aromatic carbocycles. The highest BCUT2D eigenvalue weighted by Crippen LogP contribution is 2.43. The zero-order valence-electron chi connectivity index (χ0n) is 46.8. The Labute approximate surface area is 452 Å². The third kappa shape index (κ3) is 41.1. The fourth-order valence-corrected chi connectivity index (χ4v) is 9.34. The van der Waals surface area contributed by atoms with Crippen LogP contribution in [0.4, 0.5) is 0 Å². The molecule has 0 saturated carbocycles. The highest BCUT2D eigenvalue weighted by Gasteiger charge is 2.44. The van der Waals surface area contributed by atoms with E-state index in [2.05, 4.69) is 48.8 Å². The molecule has 1 aliphatic heterocycles. The first-order valence-electron chi connectivity index (χ1n) is 29.3. The van der Waals surface area contributed by atoms with Crippen molar-refractivity contribution in [2.45, 2.75) is 263 Å². The van der Waals surface area contributed by atoms with E-state index in [9.17, 15) is 44.2 Å². The van der Waals surface area contributed by atoms with E-state index in [4.69, 9.17) is 28.0 Å². The Morgan fingerprint density at radius 3 is 1.49 bits per heavy atom. The number of carbonyl (C=O) groups is 4. The predicted molar refractivity (Wildman–Crippen MR) is 294 cm³/mol. The first kappa shape index (κ1) is 70.3. The molecule has 1 saturated heterocycles. The van der Waals surface area contributed by atoms with Crippen LogP contribution in [0.3, 0.4) is 0 Å². The molecule has 0 aromatic heterocycles. The van der Waals surface area contributed by atoms with Gasteiger partial charge in [0, 0.05) is 45.4 Å². The van der Waals surface area contributed by atoms with Gasteiger partial charge in [-0.3, -0.25) is 23.7 Å². The number of hydrogen-bond acceptors (Lipinski definition) is 15. The highest BCUT2D eigenvalue weighted by molar-refractivity contribution is 7.52. The van der Waals surface area contributed by atoms with Crippen LogP contribution in [0, 0.1) is 0 Å². The first-order chi connectivity index (χ1) is 36.3. The van der Waals surface area contributed by atoms with Crippen LogP contribution in [0.25, 0.3) is 0 Å². The summed E-state index contributed by atoms with van der Waals surface area (Å²) in [5, 5.41) is 44.5. The summed E-state index contributed by atoms with van der Waals surface area (Å²) in [6, 6.07) is 0. The Morgan fingerprint density at radius 2 is 0.987 bits per heavy atom. The summed E-state index contributed by atoms with van der Waals surface area (Å²) in [6.45, 7) is 4.99. The first-order valence-corrected chi connectivity index (χ1v) is 31.3. The third-order valence-corrected chi connectivity index (χ3v) is 14.4. The molecule has 0 bridgehead atoms. The molecule has 1 rings (SSSR count). The lowest BCUT2D eigenvalue weighted by atomic mass is 9.99. The molecular formula is C57H105N2O15P. The Hall–Kier alpha value is -2.73. The largest absolute Gasteiger partial charge is 0.462 e. The lowest BCUT2D eigenvalue weighted by molar-refractivity contribution is -0.301. The fraction of sp³-hybridized carbons (Fsp3) is 0.860. The van der Waals surface area contributed by atoms with E-state index in [1.807, 2.05) is 0 Å². The molecule has 7 atom stereocenters. The Bertz CT molecular complexity index is 1530. The van der Waals surface area contributed by atoms with Crippen molar-refractivity contribution in [1.82, 2.24) is 10.6 Å². The molecule has 2 amide bonds. The number of amides is 2. The molecule has 0 aromatic rings. The average molecular weight is 1090 g/mol. The minimum atomic E-state index is -3.66. The predicted octanol–water partition coefficient (Wildman–Crippen LogP) is 10.4. The van der Waals surface area contributed by atoms with Crippen LogP contribution >= 0.6 is 7.60 Å². The molecule has 1 heterocycles. The van der Waals surface area contributed by atoms with E-state index in [-0.39, 0.29) is 77.0 Å². The van der Waals surface area contributed by atoms with Crippen LogP contribution in [0.1, 0.15) is 226 Å². The smallest absolute Gasteiger partial charge is 0.327 e. The highest BCUT2D eigenvalue weighted by atomic mass is 31.2. The van der Waals surface area contributed by atoms with Crippen molar-refractivity contribution < 1.29 is 72.2 Å². The van der Waals surface area contributed by atoms with Gasteiger partial charge in [-0.2, -0.15) is 0 Å². The molecule has 0 radical (unpaired) electrons. The van der Waals surface area contributed by atoms with E-state index in [0.29, 0.717) is 32.1 Å². The Kier molecular flexibility index (Phi) is 45.4. The van der Waals surface area contributed by atoms with Crippen molar-refractivity contribution in [1.29, 1.82) is 0 Å². The molecule has 75 heavy (non-hydrogen) atoms. The number of hydrogen-bond donors (Lipinski definition) is 6. The van der Waals surface area contributed by atoms with Gasteiger partial charge in [-0.05, 0) is 83.5 Å². The number of esters is 2. The lowest BCUT2D eigenvalue weighted by Gasteiger charge is -2.39. The summed E-state index contributed by atoms with van der Waals surface area (Å²) in [4.78, 5) is 50.3. The number of unbranched alkanes of at least 4 members (excludes halogenated alkanes) is 23. The normalized spacial score (nSPS) is 19.1. The Balaban J connectivity index is 2.39. The molecule has 1 aliphatic rings. The van der Waals surface area contributed by atoms with Crippen molar-refractivity contribution in [2.24, 2.45) is 0 Å². The second-order valence-electron chi connectivity index (χ2n) is 20.2. The number of allylic oxidation sites excluding steroid dienone is 4. The minimum Gasteiger partial charge on any atom is -0.462 e. The van der Waals surface area contributed by atoms with E-state index in [1.54, 1.807) is 0 Å². The number of nitrogens with one attached hydrogen (secondary N) is 2. The number of rotatable bonds is 51. The van der Waals surface area contributed by atoms with Crippen molar-refractivity contribution in [3.05, 3.63) is 24.3 Å². The second-order valence-corrected chi connectivity index (χ2v) is 22.3. The van der Waals surface area contributed by atoms with Gasteiger partial charge in [0.1, 0.15) is 31.0 Å². The van der Waals surface area contributed by atoms with Crippen LogP contribution in [0.5, 0.6) is 0 Å². The molecule has 18 heteroatoms. The number of aliphatic hydroxyl groups is 4. The summed E-state index contributed by atoms with van der Waals surface area (Å²) in [6.07, 6.45) is 33.5. The van der Waals surface area contributed by atoms with Gasteiger partial charge >= 0.3 is 19.5 Å². The second kappa shape index (κ2) is 48.4. The van der Waals surface area contributed by atoms with Crippen LogP contribution in [0.2, 0.25) is 0 Å². The number of carbonyl (C=O) groups excluding carboxylic acids is 4. The van der Waals surface area contributed by atoms with Crippen LogP contribution in [-0.2, 0) is 51.7 Å². The number of ether oxygens (including phenoxy) is 4. The minimum absolute atomic E-state index is 0.0635. The van der Waals surface area contributed by atoms with Gasteiger partial charge in [-0.15, -0.1) is 0 Å².